The fourth-order valence-electron chi connectivity index (χ4n) is 2.25. The van der Waals surface area contributed by atoms with Gasteiger partial charge < -0.3 is 14.6 Å². The van der Waals surface area contributed by atoms with Gasteiger partial charge >= 0.3 is 0 Å². The van der Waals surface area contributed by atoms with Gasteiger partial charge in [0.1, 0.15) is 13.2 Å². The predicted octanol–water partition coefficient (Wildman–Crippen LogP) is 2.51. The summed E-state index contributed by atoms with van der Waals surface area (Å²) in [6.45, 7) is 3.14. The molecule has 4 heteroatoms. The van der Waals surface area contributed by atoms with Crippen LogP contribution in [0, 0.1) is 6.92 Å². The maximum Gasteiger partial charge on any atom is 0.164 e. The van der Waals surface area contributed by atoms with Crippen molar-refractivity contribution in [2.45, 2.75) is 25.4 Å². The summed E-state index contributed by atoms with van der Waals surface area (Å²) in [4.78, 5) is 0. The number of fused-ring (bicyclic) bond motifs is 1. The van der Waals surface area contributed by atoms with E-state index in [-0.39, 0.29) is 0 Å². The molecule has 16 heavy (non-hydrogen) atoms. The Morgan fingerprint density at radius 2 is 2.00 bits per heavy atom. The van der Waals surface area contributed by atoms with E-state index < -0.39 is 5.60 Å². The Hall–Kier alpha value is -0.740. The number of halogens is 1. The third-order valence-electron chi connectivity index (χ3n) is 3.21. The van der Waals surface area contributed by atoms with E-state index in [0.717, 1.165) is 39.9 Å². The molecule has 0 unspecified atom stereocenters. The Kier molecular flexibility index (Phi) is 2.20. The van der Waals surface area contributed by atoms with Crippen molar-refractivity contribution in [1.29, 1.82) is 0 Å². The molecule has 0 aromatic heterocycles. The monoisotopic (exact) mass is 284 g/mol. The molecule has 1 fully saturated rings. The first kappa shape index (κ1) is 10.4. The van der Waals surface area contributed by atoms with Crippen molar-refractivity contribution >= 4 is 15.9 Å². The van der Waals surface area contributed by atoms with Gasteiger partial charge in [0, 0.05) is 15.6 Å². The smallest absolute Gasteiger partial charge is 0.164 e. The minimum atomic E-state index is -0.654. The number of rotatable bonds is 1. The Bertz CT molecular complexity index is 452. The summed E-state index contributed by atoms with van der Waals surface area (Å²) in [6.07, 6.45) is 1.65. The van der Waals surface area contributed by atoms with Crippen LogP contribution in [0.4, 0.5) is 0 Å². The molecule has 1 heterocycles. The quantitative estimate of drug-likeness (QED) is 0.861. The van der Waals surface area contributed by atoms with Crippen molar-refractivity contribution in [2.75, 3.05) is 13.2 Å². The van der Waals surface area contributed by atoms with Gasteiger partial charge in [-0.1, -0.05) is 15.9 Å². The predicted molar refractivity (Wildman–Crippen MR) is 63.0 cm³/mol. The molecule has 0 radical (unpaired) electrons. The van der Waals surface area contributed by atoms with Crippen LogP contribution in [0.15, 0.2) is 10.5 Å². The van der Waals surface area contributed by atoms with Gasteiger partial charge in [-0.25, -0.2) is 0 Å². The van der Waals surface area contributed by atoms with Crippen molar-refractivity contribution in [1.82, 2.24) is 0 Å². The number of benzene rings is 1. The average Bonchev–Trinajstić information content (AvgIpc) is 2.97. The highest BCUT2D eigenvalue weighted by molar-refractivity contribution is 9.10. The average molecular weight is 285 g/mol. The van der Waals surface area contributed by atoms with E-state index >= 15 is 0 Å². The SMILES string of the molecule is Cc1c2c(cc(Br)c1C1(O)CC1)OCCO2. The molecule has 0 amide bonds. The van der Waals surface area contributed by atoms with Gasteiger partial charge in [0.15, 0.2) is 11.5 Å². The molecule has 3 rings (SSSR count). The normalized spacial score (nSPS) is 20.7. The van der Waals surface area contributed by atoms with Gasteiger partial charge in [-0.2, -0.15) is 0 Å². The fourth-order valence-corrected chi connectivity index (χ4v) is 3.13. The first-order valence-corrected chi connectivity index (χ1v) is 6.23. The zero-order valence-corrected chi connectivity index (χ0v) is 10.6. The molecule has 1 aromatic carbocycles. The number of hydrogen-bond donors (Lipinski definition) is 1. The molecule has 0 atom stereocenters. The summed E-state index contributed by atoms with van der Waals surface area (Å²) in [5, 5.41) is 10.2. The number of hydrogen-bond acceptors (Lipinski definition) is 3. The topological polar surface area (TPSA) is 38.7 Å². The maximum atomic E-state index is 10.2. The first-order valence-electron chi connectivity index (χ1n) is 5.43. The lowest BCUT2D eigenvalue weighted by Gasteiger charge is -2.24. The van der Waals surface area contributed by atoms with Gasteiger partial charge in [0.25, 0.3) is 0 Å². The lowest BCUT2D eigenvalue weighted by Crippen LogP contribution is -2.18. The van der Waals surface area contributed by atoms with Gasteiger partial charge in [0.05, 0.1) is 5.60 Å². The highest BCUT2D eigenvalue weighted by Gasteiger charge is 2.45. The van der Waals surface area contributed by atoms with Crippen LogP contribution in [0.3, 0.4) is 0 Å². The summed E-state index contributed by atoms with van der Waals surface area (Å²) in [5.74, 6) is 1.55. The molecule has 0 bridgehead atoms. The van der Waals surface area contributed by atoms with Crippen LogP contribution < -0.4 is 9.47 Å². The van der Waals surface area contributed by atoms with Crippen molar-refractivity contribution in [3.63, 3.8) is 0 Å². The summed E-state index contributed by atoms with van der Waals surface area (Å²) in [5.41, 5.74) is 1.29. The van der Waals surface area contributed by atoms with Crippen LogP contribution in [0.5, 0.6) is 11.5 Å². The first-order chi connectivity index (χ1) is 7.62. The Morgan fingerprint density at radius 1 is 1.31 bits per heavy atom. The van der Waals surface area contributed by atoms with E-state index in [1.807, 2.05) is 13.0 Å². The molecular formula is C12H13BrO3. The second-order valence-electron chi connectivity index (χ2n) is 4.41. The summed E-state index contributed by atoms with van der Waals surface area (Å²) < 4.78 is 12.1. The second-order valence-corrected chi connectivity index (χ2v) is 5.27. The van der Waals surface area contributed by atoms with Gasteiger partial charge in [-0.3, -0.25) is 0 Å². The second kappa shape index (κ2) is 3.37. The standard InChI is InChI=1S/C12H13BrO3/c1-7-10(12(14)2-3-12)8(13)6-9-11(7)16-5-4-15-9/h6,14H,2-5H2,1H3. The van der Waals surface area contributed by atoms with Crippen LogP contribution in [0.2, 0.25) is 0 Å². The third-order valence-corrected chi connectivity index (χ3v) is 3.84. The highest BCUT2D eigenvalue weighted by atomic mass is 79.9. The number of aliphatic hydroxyl groups is 1. The molecule has 1 aromatic rings. The maximum absolute atomic E-state index is 10.2. The van der Waals surface area contributed by atoms with E-state index in [9.17, 15) is 5.11 Å². The Balaban J connectivity index is 2.18. The van der Waals surface area contributed by atoms with Crippen LogP contribution in [-0.2, 0) is 5.60 Å². The van der Waals surface area contributed by atoms with E-state index in [1.165, 1.54) is 0 Å². The summed E-state index contributed by atoms with van der Waals surface area (Å²) in [7, 11) is 0. The van der Waals surface area contributed by atoms with Crippen molar-refractivity contribution < 1.29 is 14.6 Å². The Morgan fingerprint density at radius 3 is 2.69 bits per heavy atom. The summed E-state index contributed by atoms with van der Waals surface area (Å²) >= 11 is 3.51. The fraction of sp³-hybridized carbons (Fsp3) is 0.500. The minimum Gasteiger partial charge on any atom is -0.486 e. The molecule has 2 aliphatic rings. The van der Waals surface area contributed by atoms with Gasteiger partial charge in [0.2, 0.25) is 0 Å². The number of ether oxygens (including phenoxy) is 2. The lowest BCUT2D eigenvalue weighted by atomic mass is 10.00. The minimum absolute atomic E-state index is 0.577. The lowest BCUT2D eigenvalue weighted by molar-refractivity contribution is 0.145. The summed E-state index contributed by atoms with van der Waals surface area (Å²) in [6, 6.07) is 1.90. The highest BCUT2D eigenvalue weighted by Crippen LogP contribution is 2.52. The molecule has 0 saturated heterocycles. The largest absolute Gasteiger partial charge is 0.486 e. The van der Waals surface area contributed by atoms with Crippen molar-refractivity contribution in [3.05, 3.63) is 21.7 Å². The Labute approximate surface area is 102 Å². The zero-order chi connectivity index (χ0) is 11.3. The molecule has 3 nitrogen and oxygen atoms in total. The van der Waals surface area contributed by atoms with E-state index in [4.69, 9.17) is 9.47 Å². The molecule has 0 spiro atoms. The molecule has 1 saturated carbocycles. The molecule has 1 N–H and O–H groups in total. The van der Waals surface area contributed by atoms with Gasteiger partial charge in [-0.15, -0.1) is 0 Å². The third kappa shape index (κ3) is 1.44. The molecule has 86 valence electrons. The van der Waals surface area contributed by atoms with Crippen LogP contribution in [0.25, 0.3) is 0 Å². The van der Waals surface area contributed by atoms with Crippen LogP contribution in [-0.4, -0.2) is 18.3 Å². The van der Waals surface area contributed by atoms with E-state index in [1.54, 1.807) is 0 Å². The van der Waals surface area contributed by atoms with Crippen molar-refractivity contribution in [3.8, 4) is 11.5 Å². The van der Waals surface area contributed by atoms with Crippen LogP contribution >= 0.6 is 15.9 Å². The van der Waals surface area contributed by atoms with Crippen LogP contribution in [0.1, 0.15) is 24.0 Å². The van der Waals surface area contributed by atoms with E-state index in [0.29, 0.717) is 13.2 Å². The van der Waals surface area contributed by atoms with Gasteiger partial charge in [-0.05, 0) is 25.8 Å². The molecule has 1 aliphatic carbocycles. The molecule has 1 aliphatic heterocycles. The zero-order valence-electron chi connectivity index (χ0n) is 9.05. The van der Waals surface area contributed by atoms with E-state index in [2.05, 4.69) is 15.9 Å². The van der Waals surface area contributed by atoms with Crippen molar-refractivity contribution in [2.24, 2.45) is 0 Å². The molecular weight excluding hydrogens is 272 g/mol.